The summed E-state index contributed by atoms with van der Waals surface area (Å²) in [5.41, 5.74) is 9.80. The first-order chi connectivity index (χ1) is 19.0. The Labute approximate surface area is 223 Å². The molecule has 10 nitrogen and oxygen atoms in total. The van der Waals surface area contributed by atoms with Gasteiger partial charge in [0.25, 0.3) is 5.56 Å². The minimum atomic E-state index is -1.49. The summed E-state index contributed by atoms with van der Waals surface area (Å²) in [6.07, 6.45) is 0.840. The predicted molar refractivity (Wildman–Crippen MR) is 144 cm³/mol. The van der Waals surface area contributed by atoms with Crippen LogP contribution in [0.25, 0.3) is 33.1 Å². The van der Waals surface area contributed by atoms with Crippen molar-refractivity contribution in [1.29, 1.82) is 0 Å². The lowest BCUT2D eigenvalue weighted by molar-refractivity contribution is -0.157. The van der Waals surface area contributed by atoms with Crippen LogP contribution in [0.4, 0.5) is 0 Å². The number of fused-ring (bicyclic) bond motifs is 7. The molecule has 0 radical (unpaired) electrons. The van der Waals surface area contributed by atoms with Crippen molar-refractivity contribution in [2.24, 2.45) is 5.73 Å². The minimum absolute atomic E-state index is 0.0751. The van der Waals surface area contributed by atoms with E-state index < -0.39 is 12.1 Å². The molecule has 2 aromatic carbocycles. The molecule has 39 heavy (non-hydrogen) atoms. The number of aromatic nitrogens is 2. The molecule has 1 atom stereocenters. The molecule has 2 aromatic heterocycles. The quantitative estimate of drug-likeness (QED) is 0.120. The first-order valence-corrected chi connectivity index (χ1v) is 13.0. The summed E-state index contributed by atoms with van der Waals surface area (Å²) in [6, 6.07) is 13.9. The number of aliphatic hydroxyl groups is 1. The second kappa shape index (κ2) is 10.2. The number of rotatable bonds is 8. The van der Waals surface area contributed by atoms with Crippen molar-refractivity contribution in [1.82, 2.24) is 14.9 Å². The summed E-state index contributed by atoms with van der Waals surface area (Å²) in [5.74, 6) is -1.02. The minimum Gasteiger partial charge on any atom is -0.458 e. The summed E-state index contributed by atoms with van der Waals surface area (Å²) in [5, 5.41) is 16.3. The van der Waals surface area contributed by atoms with E-state index in [4.69, 9.17) is 20.2 Å². The van der Waals surface area contributed by atoms with E-state index in [2.05, 4.69) is 17.4 Å². The van der Waals surface area contributed by atoms with Crippen molar-refractivity contribution in [3.05, 3.63) is 75.1 Å². The Morgan fingerprint density at radius 3 is 2.87 bits per heavy atom. The van der Waals surface area contributed by atoms with Gasteiger partial charge in [-0.25, -0.2) is 9.78 Å². The molecular weight excluding hydrogens is 500 g/mol. The van der Waals surface area contributed by atoms with Gasteiger partial charge in [0.15, 0.2) is 6.10 Å². The van der Waals surface area contributed by atoms with Crippen LogP contribution in [0.3, 0.4) is 0 Å². The van der Waals surface area contributed by atoms with Gasteiger partial charge in [0, 0.05) is 23.1 Å². The van der Waals surface area contributed by atoms with Crippen LogP contribution in [0.2, 0.25) is 0 Å². The molecule has 6 rings (SSSR count). The predicted octanol–water partition coefficient (Wildman–Crippen LogP) is 2.04. The fourth-order valence-electron chi connectivity index (χ4n) is 5.55. The van der Waals surface area contributed by atoms with Crippen molar-refractivity contribution in [2.45, 2.75) is 38.5 Å². The second-order valence-corrected chi connectivity index (χ2v) is 9.78. The number of benzene rings is 2. The molecule has 0 saturated heterocycles. The maximum absolute atomic E-state index is 13.5. The third-order valence-electron chi connectivity index (χ3n) is 7.48. The Hall–Kier alpha value is -4.12. The van der Waals surface area contributed by atoms with Gasteiger partial charge in [-0.2, -0.15) is 0 Å². The van der Waals surface area contributed by atoms with Gasteiger partial charge in [0.05, 0.1) is 35.6 Å². The highest BCUT2D eigenvalue weighted by molar-refractivity contribution is 6.09. The number of carbonyl (C=O) groups excluding carboxylic acids is 2. The fourth-order valence-corrected chi connectivity index (χ4v) is 5.55. The Morgan fingerprint density at radius 1 is 1.18 bits per heavy atom. The van der Waals surface area contributed by atoms with Crippen LogP contribution in [0, 0.1) is 0 Å². The van der Waals surface area contributed by atoms with Gasteiger partial charge >= 0.3 is 5.97 Å². The van der Waals surface area contributed by atoms with E-state index in [1.165, 1.54) is 0 Å². The highest BCUT2D eigenvalue weighted by Crippen LogP contribution is 2.40. The van der Waals surface area contributed by atoms with Crippen LogP contribution in [-0.2, 0) is 38.6 Å². The van der Waals surface area contributed by atoms with Crippen LogP contribution in [0.5, 0.6) is 0 Å². The van der Waals surface area contributed by atoms with Gasteiger partial charge in [-0.3, -0.25) is 9.59 Å². The molecule has 0 saturated carbocycles. The monoisotopic (exact) mass is 528 g/mol. The number of ether oxygens (including phenoxy) is 2. The van der Waals surface area contributed by atoms with Crippen LogP contribution in [-0.4, -0.2) is 46.4 Å². The lowest BCUT2D eigenvalue weighted by Gasteiger charge is -2.21. The Kier molecular flexibility index (Phi) is 6.59. The van der Waals surface area contributed by atoms with E-state index >= 15 is 0 Å². The van der Waals surface area contributed by atoms with E-state index in [9.17, 15) is 19.5 Å². The lowest BCUT2D eigenvalue weighted by Crippen LogP contribution is -2.32. The summed E-state index contributed by atoms with van der Waals surface area (Å²) >= 11 is 0. The summed E-state index contributed by atoms with van der Waals surface area (Å²) in [7, 11) is 0. The summed E-state index contributed by atoms with van der Waals surface area (Å²) in [6.45, 7) is 0.724. The molecule has 4 heterocycles. The van der Waals surface area contributed by atoms with Gasteiger partial charge in [0.1, 0.15) is 13.3 Å². The number of carbonyl (C=O) groups is 2. The van der Waals surface area contributed by atoms with Crippen molar-refractivity contribution in [3.8, 4) is 11.4 Å². The van der Waals surface area contributed by atoms with Crippen LogP contribution in [0.1, 0.15) is 41.2 Å². The molecular formula is C29H28N4O6. The number of hydrogen-bond donors (Lipinski definition) is 3. The molecule has 1 amide bonds. The summed E-state index contributed by atoms with van der Waals surface area (Å²) in [4.78, 5) is 41.7. The number of aliphatic hydroxyl groups excluding tert-OH is 1. The molecule has 4 N–H and O–H groups in total. The number of amides is 1. The van der Waals surface area contributed by atoms with E-state index in [0.717, 1.165) is 52.1 Å². The third kappa shape index (κ3) is 4.36. The van der Waals surface area contributed by atoms with Gasteiger partial charge in [0.2, 0.25) is 5.91 Å². The standard InChI is InChI=1S/C29H28N4O6/c30-12-24(34)31-15-38-10-4-3-7-18-20-13-33-23(11-19-21(28(33)36)14-39-29(37)27(19)35)26(20)32-22-9-8-16-5-1-2-6-17(16)25(18)22/h1-2,5-6,8-9,11,27,35H,3-4,7,10,12-15,30H2,(H,31,34). The number of aryl methyl sites for hydroxylation is 1. The second-order valence-electron chi connectivity index (χ2n) is 9.78. The number of nitrogens with two attached hydrogens (primary N) is 1. The highest BCUT2D eigenvalue weighted by Gasteiger charge is 2.34. The molecule has 0 spiro atoms. The molecule has 4 aromatic rings. The first-order valence-electron chi connectivity index (χ1n) is 13.0. The summed E-state index contributed by atoms with van der Waals surface area (Å²) < 4.78 is 12.2. The number of cyclic esters (lactones) is 1. The SMILES string of the molecule is NCC(=O)NCOCCCCc1c2c(nc3ccc4ccccc4c13)-c1cc3c(c(=O)n1C2)COC(=O)C3O. The van der Waals surface area contributed by atoms with Crippen LogP contribution in [0.15, 0.2) is 47.3 Å². The first kappa shape index (κ1) is 25.2. The topological polar surface area (TPSA) is 146 Å². The van der Waals surface area contributed by atoms with E-state index in [0.29, 0.717) is 30.1 Å². The maximum Gasteiger partial charge on any atom is 0.340 e. The number of nitrogens with one attached hydrogen (secondary N) is 1. The van der Waals surface area contributed by atoms with Crippen LogP contribution < -0.4 is 16.6 Å². The molecule has 0 bridgehead atoms. The zero-order valence-corrected chi connectivity index (χ0v) is 21.2. The van der Waals surface area contributed by atoms with Crippen molar-refractivity contribution >= 4 is 33.6 Å². The smallest absolute Gasteiger partial charge is 0.340 e. The zero-order valence-electron chi connectivity index (χ0n) is 21.2. The van der Waals surface area contributed by atoms with Crippen LogP contribution >= 0.6 is 0 Å². The normalized spacial score (nSPS) is 15.6. The number of nitrogens with zero attached hydrogens (tertiary/aromatic N) is 2. The fraction of sp³-hybridized carbons (Fsp3) is 0.310. The molecule has 1 unspecified atom stereocenters. The van der Waals surface area contributed by atoms with Gasteiger partial charge in [-0.1, -0.05) is 30.3 Å². The van der Waals surface area contributed by atoms with Crippen molar-refractivity contribution in [3.63, 3.8) is 0 Å². The van der Waals surface area contributed by atoms with E-state index in [1.54, 1.807) is 10.6 Å². The maximum atomic E-state index is 13.5. The zero-order chi connectivity index (χ0) is 27.1. The Bertz CT molecular complexity index is 1700. The molecule has 0 fully saturated rings. The van der Waals surface area contributed by atoms with Crippen molar-refractivity contribution < 1.29 is 24.2 Å². The van der Waals surface area contributed by atoms with E-state index in [1.807, 2.05) is 24.3 Å². The number of unbranched alkanes of at least 4 members (excludes halogenated alkanes) is 1. The molecule has 0 aliphatic carbocycles. The molecule has 2 aliphatic heterocycles. The third-order valence-corrected chi connectivity index (χ3v) is 7.48. The molecule has 200 valence electrons. The number of hydrogen-bond acceptors (Lipinski definition) is 8. The number of esters is 1. The van der Waals surface area contributed by atoms with Gasteiger partial charge < -0.3 is 30.2 Å². The number of pyridine rings is 2. The van der Waals surface area contributed by atoms with Gasteiger partial charge in [-0.15, -0.1) is 0 Å². The Balaban J connectivity index is 1.39. The van der Waals surface area contributed by atoms with Gasteiger partial charge in [-0.05, 0) is 47.7 Å². The van der Waals surface area contributed by atoms with Crippen molar-refractivity contribution in [2.75, 3.05) is 19.9 Å². The molecule has 2 aliphatic rings. The highest BCUT2D eigenvalue weighted by atomic mass is 16.5. The average Bonchev–Trinajstić information content (AvgIpc) is 3.32. The lowest BCUT2D eigenvalue weighted by atomic mass is 9.92. The molecule has 10 heteroatoms. The van der Waals surface area contributed by atoms with E-state index in [-0.39, 0.29) is 36.9 Å². The Morgan fingerprint density at radius 2 is 2.03 bits per heavy atom. The largest absolute Gasteiger partial charge is 0.458 e. The average molecular weight is 529 g/mol.